The van der Waals surface area contributed by atoms with Crippen molar-refractivity contribution in [2.45, 2.75) is 19.9 Å². The van der Waals surface area contributed by atoms with Gasteiger partial charge in [0.1, 0.15) is 17.5 Å². The van der Waals surface area contributed by atoms with Gasteiger partial charge in [-0.15, -0.1) is 0 Å². The number of anilines is 1. The molecule has 2 amide bonds. The van der Waals surface area contributed by atoms with Crippen molar-refractivity contribution in [2.75, 3.05) is 19.0 Å². The summed E-state index contributed by atoms with van der Waals surface area (Å²) in [4.78, 5) is 24.7. The number of ether oxygens (including phenoxy) is 2. The number of carbonyl (C=O) groups is 2. The SMILES string of the molecule is COc1cccc(NC(=O)[C@@H](NC(=O)COc2ccccc2)C(C)C)c1. The van der Waals surface area contributed by atoms with Crippen LogP contribution in [0.15, 0.2) is 54.6 Å². The van der Waals surface area contributed by atoms with E-state index < -0.39 is 6.04 Å². The van der Waals surface area contributed by atoms with Crippen LogP contribution in [0.5, 0.6) is 11.5 Å². The molecular formula is C20H24N2O4. The minimum absolute atomic E-state index is 0.0821. The molecule has 0 heterocycles. The van der Waals surface area contributed by atoms with Gasteiger partial charge in [0, 0.05) is 11.8 Å². The first kappa shape index (κ1) is 19.3. The molecule has 6 nitrogen and oxygen atoms in total. The number of methoxy groups -OCH3 is 1. The van der Waals surface area contributed by atoms with Crippen molar-refractivity contribution in [2.24, 2.45) is 5.92 Å². The van der Waals surface area contributed by atoms with Gasteiger partial charge in [-0.3, -0.25) is 9.59 Å². The van der Waals surface area contributed by atoms with Crippen LogP contribution in [0.2, 0.25) is 0 Å². The van der Waals surface area contributed by atoms with Gasteiger partial charge in [0.05, 0.1) is 7.11 Å². The Kier molecular flexibility index (Phi) is 7.02. The van der Waals surface area contributed by atoms with Gasteiger partial charge < -0.3 is 20.1 Å². The Hall–Kier alpha value is -3.02. The summed E-state index contributed by atoms with van der Waals surface area (Å²) in [5, 5.41) is 5.53. The summed E-state index contributed by atoms with van der Waals surface area (Å²) in [5.74, 6) is 0.518. The van der Waals surface area contributed by atoms with E-state index in [1.165, 1.54) is 0 Å². The van der Waals surface area contributed by atoms with E-state index in [1.54, 1.807) is 43.5 Å². The lowest BCUT2D eigenvalue weighted by molar-refractivity contribution is -0.128. The third-order valence-electron chi connectivity index (χ3n) is 3.72. The van der Waals surface area contributed by atoms with E-state index in [4.69, 9.17) is 9.47 Å². The van der Waals surface area contributed by atoms with Crippen molar-refractivity contribution >= 4 is 17.5 Å². The molecule has 0 aliphatic carbocycles. The van der Waals surface area contributed by atoms with E-state index in [0.29, 0.717) is 17.2 Å². The lowest BCUT2D eigenvalue weighted by Gasteiger charge is -2.22. The Morgan fingerprint density at radius 2 is 1.69 bits per heavy atom. The zero-order valence-electron chi connectivity index (χ0n) is 15.2. The van der Waals surface area contributed by atoms with E-state index in [9.17, 15) is 9.59 Å². The second kappa shape index (κ2) is 9.46. The molecule has 0 aliphatic heterocycles. The molecule has 2 rings (SSSR count). The Bertz CT molecular complexity index is 732. The fourth-order valence-electron chi connectivity index (χ4n) is 2.34. The molecule has 0 saturated heterocycles. The van der Waals surface area contributed by atoms with Gasteiger partial charge in [-0.05, 0) is 30.2 Å². The second-order valence-electron chi connectivity index (χ2n) is 6.11. The monoisotopic (exact) mass is 356 g/mol. The maximum Gasteiger partial charge on any atom is 0.258 e. The molecule has 0 aromatic heterocycles. The molecule has 0 unspecified atom stereocenters. The molecule has 1 atom stereocenters. The minimum Gasteiger partial charge on any atom is -0.497 e. The first-order valence-corrected chi connectivity index (χ1v) is 8.41. The molecule has 0 saturated carbocycles. The zero-order valence-corrected chi connectivity index (χ0v) is 15.2. The largest absolute Gasteiger partial charge is 0.497 e. The molecule has 2 aromatic rings. The maximum atomic E-state index is 12.6. The Morgan fingerprint density at radius 1 is 1.00 bits per heavy atom. The highest BCUT2D eigenvalue weighted by atomic mass is 16.5. The molecule has 0 fully saturated rings. The van der Waals surface area contributed by atoms with Crippen LogP contribution in [0.4, 0.5) is 5.69 Å². The molecule has 0 spiro atoms. The summed E-state index contributed by atoms with van der Waals surface area (Å²) in [6, 6.07) is 15.4. The number of carbonyl (C=O) groups excluding carboxylic acids is 2. The fourth-order valence-corrected chi connectivity index (χ4v) is 2.34. The third-order valence-corrected chi connectivity index (χ3v) is 3.72. The van der Waals surface area contributed by atoms with Crippen LogP contribution in [-0.4, -0.2) is 31.6 Å². The number of hydrogen-bond acceptors (Lipinski definition) is 4. The van der Waals surface area contributed by atoms with Crippen molar-refractivity contribution in [1.82, 2.24) is 5.32 Å². The number of rotatable bonds is 8. The van der Waals surface area contributed by atoms with Crippen molar-refractivity contribution in [3.05, 3.63) is 54.6 Å². The average Bonchev–Trinajstić information content (AvgIpc) is 2.65. The molecule has 26 heavy (non-hydrogen) atoms. The molecule has 2 aromatic carbocycles. The molecule has 0 aliphatic rings. The van der Waals surface area contributed by atoms with Crippen molar-refractivity contribution in [3.63, 3.8) is 0 Å². The predicted octanol–water partition coefficient (Wildman–Crippen LogP) is 2.85. The quantitative estimate of drug-likeness (QED) is 0.762. The highest BCUT2D eigenvalue weighted by Gasteiger charge is 2.24. The summed E-state index contributed by atoms with van der Waals surface area (Å²) in [7, 11) is 1.56. The van der Waals surface area contributed by atoms with E-state index in [-0.39, 0.29) is 24.3 Å². The highest BCUT2D eigenvalue weighted by Crippen LogP contribution is 2.17. The molecule has 138 valence electrons. The average molecular weight is 356 g/mol. The lowest BCUT2D eigenvalue weighted by atomic mass is 10.0. The van der Waals surface area contributed by atoms with Gasteiger partial charge in [-0.1, -0.05) is 38.1 Å². The van der Waals surface area contributed by atoms with E-state index >= 15 is 0 Å². The van der Waals surface area contributed by atoms with Gasteiger partial charge in [0.25, 0.3) is 5.91 Å². The third kappa shape index (κ3) is 5.81. The molecule has 0 radical (unpaired) electrons. The summed E-state index contributed by atoms with van der Waals surface area (Å²) in [6.45, 7) is 3.59. The molecule has 6 heteroatoms. The van der Waals surface area contributed by atoms with E-state index in [2.05, 4.69) is 10.6 Å². The van der Waals surface area contributed by atoms with Crippen molar-refractivity contribution < 1.29 is 19.1 Å². The summed E-state index contributed by atoms with van der Waals surface area (Å²) >= 11 is 0. The molecular weight excluding hydrogens is 332 g/mol. The normalized spacial score (nSPS) is 11.5. The van der Waals surface area contributed by atoms with Gasteiger partial charge in [-0.2, -0.15) is 0 Å². The second-order valence-corrected chi connectivity index (χ2v) is 6.11. The minimum atomic E-state index is -0.673. The predicted molar refractivity (Wildman–Crippen MR) is 100 cm³/mol. The first-order chi connectivity index (χ1) is 12.5. The van der Waals surface area contributed by atoms with Gasteiger partial charge in [-0.25, -0.2) is 0 Å². The van der Waals surface area contributed by atoms with Gasteiger partial charge >= 0.3 is 0 Å². The number of hydrogen-bond donors (Lipinski definition) is 2. The number of benzene rings is 2. The molecule has 2 N–H and O–H groups in total. The summed E-state index contributed by atoms with van der Waals surface area (Å²) < 4.78 is 10.6. The lowest BCUT2D eigenvalue weighted by Crippen LogP contribution is -2.48. The van der Waals surface area contributed by atoms with E-state index in [1.807, 2.05) is 32.0 Å². The van der Waals surface area contributed by atoms with Crippen LogP contribution in [0.3, 0.4) is 0 Å². The first-order valence-electron chi connectivity index (χ1n) is 8.41. The van der Waals surface area contributed by atoms with Gasteiger partial charge in [0.2, 0.25) is 5.91 Å². The zero-order chi connectivity index (χ0) is 18.9. The fraction of sp³-hybridized carbons (Fsp3) is 0.300. The number of para-hydroxylation sites is 1. The van der Waals surface area contributed by atoms with Crippen molar-refractivity contribution in [3.8, 4) is 11.5 Å². The van der Waals surface area contributed by atoms with Crippen LogP contribution >= 0.6 is 0 Å². The standard InChI is InChI=1S/C20H24N2O4/c1-14(2)19(20(24)21-15-8-7-11-17(12-15)25-3)22-18(23)13-26-16-9-5-4-6-10-16/h4-12,14,19H,13H2,1-3H3,(H,21,24)(H,22,23)/t19-/m0/s1. The van der Waals surface area contributed by atoms with Crippen LogP contribution in [0.25, 0.3) is 0 Å². The topological polar surface area (TPSA) is 76.7 Å². The smallest absolute Gasteiger partial charge is 0.258 e. The van der Waals surface area contributed by atoms with Crippen molar-refractivity contribution in [1.29, 1.82) is 0 Å². The van der Waals surface area contributed by atoms with Crippen LogP contribution in [0, 0.1) is 5.92 Å². The Morgan fingerprint density at radius 3 is 2.35 bits per heavy atom. The van der Waals surface area contributed by atoms with Crippen LogP contribution in [-0.2, 0) is 9.59 Å². The van der Waals surface area contributed by atoms with Crippen LogP contribution < -0.4 is 20.1 Å². The Balaban J connectivity index is 1.94. The number of nitrogens with one attached hydrogen (secondary N) is 2. The maximum absolute atomic E-state index is 12.6. The summed E-state index contributed by atoms with van der Waals surface area (Å²) in [6.07, 6.45) is 0. The summed E-state index contributed by atoms with van der Waals surface area (Å²) in [5.41, 5.74) is 0.606. The highest BCUT2D eigenvalue weighted by molar-refractivity contribution is 5.97. The number of amides is 2. The van der Waals surface area contributed by atoms with Gasteiger partial charge in [0.15, 0.2) is 6.61 Å². The molecule has 0 bridgehead atoms. The van der Waals surface area contributed by atoms with Crippen LogP contribution in [0.1, 0.15) is 13.8 Å². The Labute approximate surface area is 153 Å². The van der Waals surface area contributed by atoms with E-state index in [0.717, 1.165) is 0 Å².